The third kappa shape index (κ3) is 4.14. The van der Waals surface area contributed by atoms with Crippen molar-refractivity contribution in [2.75, 3.05) is 26.2 Å². The van der Waals surface area contributed by atoms with Crippen molar-refractivity contribution in [1.82, 2.24) is 9.80 Å². The van der Waals surface area contributed by atoms with Crippen molar-refractivity contribution in [3.63, 3.8) is 0 Å². The Balaban J connectivity index is 2.04. The van der Waals surface area contributed by atoms with Gasteiger partial charge in [0.05, 0.1) is 10.6 Å². The molecular weight excluding hydrogens is 323 g/mol. The molecule has 22 heavy (non-hydrogen) atoms. The van der Waals surface area contributed by atoms with Gasteiger partial charge in [0.2, 0.25) is 5.91 Å². The van der Waals surface area contributed by atoms with Gasteiger partial charge in [-0.05, 0) is 31.0 Å². The van der Waals surface area contributed by atoms with Crippen molar-refractivity contribution < 1.29 is 9.59 Å². The molecule has 6 heteroatoms. The molecule has 1 aromatic carbocycles. The Kier molecular flexibility index (Phi) is 6.09. The molecule has 1 fully saturated rings. The van der Waals surface area contributed by atoms with E-state index < -0.39 is 0 Å². The first-order chi connectivity index (χ1) is 10.5. The average molecular weight is 343 g/mol. The van der Waals surface area contributed by atoms with Gasteiger partial charge in [0.25, 0.3) is 5.91 Å². The number of hydrogen-bond donors (Lipinski definition) is 0. The smallest absolute Gasteiger partial charge is 0.255 e. The molecule has 120 valence electrons. The van der Waals surface area contributed by atoms with E-state index in [9.17, 15) is 9.59 Å². The molecule has 0 aliphatic carbocycles. The minimum absolute atomic E-state index is 0.105. The number of halogens is 2. The Morgan fingerprint density at radius 3 is 2.45 bits per heavy atom. The summed E-state index contributed by atoms with van der Waals surface area (Å²) in [7, 11) is 0. The summed E-state index contributed by atoms with van der Waals surface area (Å²) in [4.78, 5) is 28.2. The summed E-state index contributed by atoms with van der Waals surface area (Å²) in [6.45, 7) is 4.45. The second kappa shape index (κ2) is 7.84. The normalized spacial score (nSPS) is 15.6. The molecule has 2 amide bonds. The van der Waals surface area contributed by atoms with Crippen molar-refractivity contribution in [2.45, 2.75) is 26.2 Å². The molecule has 0 unspecified atom stereocenters. The predicted octanol–water partition coefficient (Wildman–Crippen LogP) is 3.47. The zero-order chi connectivity index (χ0) is 16.1. The quantitative estimate of drug-likeness (QED) is 0.843. The highest BCUT2D eigenvalue weighted by atomic mass is 35.5. The third-order valence-corrected chi connectivity index (χ3v) is 4.31. The van der Waals surface area contributed by atoms with Gasteiger partial charge in [0, 0.05) is 37.6 Å². The van der Waals surface area contributed by atoms with Crippen LogP contribution < -0.4 is 0 Å². The minimum Gasteiger partial charge on any atom is -0.341 e. The maximum atomic E-state index is 12.6. The van der Waals surface area contributed by atoms with E-state index in [0.29, 0.717) is 48.2 Å². The van der Waals surface area contributed by atoms with Gasteiger partial charge in [0.1, 0.15) is 0 Å². The summed E-state index contributed by atoms with van der Waals surface area (Å²) in [5.74, 6) is 0.0628. The maximum Gasteiger partial charge on any atom is 0.255 e. The molecule has 0 atom stereocenters. The summed E-state index contributed by atoms with van der Waals surface area (Å²) < 4.78 is 0. The Morgan fingerprint density at radius 1 is 1.09 bits per heavy atom. The molecule has 0 spiro atoms. The fraction of sp³-hybridized carbons (Fsp3) is 0.500. The van der Waals surface area contributed by atoms with Gasteiger partial charge in [-0.1, -0.05) is 30.1 Å². The van der Waals surface area contributed by atoms with E-state index in [4.69, 9.17) is 23.2 Å². The zero-order valence-electron chi connectivity index (χ0n) is 12.6. The van der Waals surface area contributed by atoms with E-state index in [-0.39, 0.29) is 11.8 Å². The van der Waals surface area contributed by atoms with Gasteiger partial charge >= 0.3 is 0 Å². The first-order valence-electron chi connectivity index (χ1n) is 7.55. The number of rotatable bonds is 3. The van der Waals surface area contributed by atoms with E-state index in [1.807, 2.05) is 11.8 Å². The van der Waals surface area contributed by atoms with Crippen molar-refractivity contribution in [1.29, 1.82) is 0 Å². The number of carbonyl (C=O) groups excluding carboxylic acids is 2. The van der Waals surface area contributed by atoms with Crippen molar-refractivity contribution in [3.8, 4) is 0 Å². The molecule has 0 N–H and O–H groups in total. The lowest BCUT2D eigenvalue weighted by molar-refractivity contribution is -0.131. The average Bonchev–Trinajstić information content (AvgIpc) is 2.73. The molecule has 1 aromatic rings. The highest BCUT2D eigenvalue weighted by molar-refractivity contribution is 6.36. The molecule has 0 bridgehead atoms. The van der Waals surface area contributed by atoms with Gasteiger partial charge in [-0.3, -0.25) is 9.59 Å². The highest BCUT2D eigenvalue weighted by Gasteiger charge is 2.23. The van der Waals surface area contributed by atoms with Gasteiger partial charge in [-0.25, -0.2) is 0 Å². The molecule has 1 aliphatic heterocycles. The fourth-order valence-corrected chi connectivity index (χ4v) is 3.06. The van der Waals surface area contributed by atoms with Crippen LogP contribution in [-0.2, 0) is 4.79 Å². The first-order valence-corrected chi connectivity index (χ1v) is 8.30. The summed E-state index contributed by atoms with van der Waals surface area (Å²) in [5.41, 5.74) is 0.458. The Bertz CT molecular complexity index is 563. The number of benzene rings is 1. The van der Waals surface area contributed by atoms with E-state index in [1.165, 1.54) is 0 Å². The van der Waals surface area contributed by atoms with Gasteiger partial charge < -0.3 is 9.80 Å². The number of carbonyl (C=O) groups is 2. The molecule has 1 saturated heterocycles. The lowest BCUT2D eigenvalue weighted by Gasteiger charge is -2.22. The maximum absolute atomic E-state index is 12.6. The summed E-state index contributed by atoms with van der Waals surface area (Å²) >= 11 is 12.0. The van der Waals surface area contributed by atoms with Crippen molar-refractivity contribution in [3.05, 3.63) is 33.8 Å². The molecule has 1 aliphatic rings. The van der Waals surface area contributed by atoms with Crippen LogP contribution in [0.4, 0.5) is 0 Å². The Labute approximate surface area is 141 Å². The molecule has 2 rings (SSSR count). The molecule has 0 saturated carbocycles. The van der Waals surface area contributed by atoms with Crippen LogP contribution in [0.2, 0.25) is 10.0 Å². The van der Waals surface area contributed by atoms with Crippen LogP contribution in [0.15, 0.2) is 18.2 Å². The molecule has 0 radical (unpaired) electrons. The van der Waals surface area contributed by atoms with Crippen LogP contribution >= 0.6 is 23.2 Å². The zero-order valence-corrected chi connectivity index (χ0v) is 14.2. The van der Waals surface area contributed by atoms with Crippen molar-refractivity contribution >= 4 is 35.0 Å². The van der Waals surface area contributed by atoms with E-state index in [2.05, 4.69) is 0 Å². The second-order valence-corrected chi connectivity index (χ2v) is 6.24. The molecule has 0 aromatic heterocycles. The first kappa shape index (κ1) is 17.1. The minimum atomic E-state index is -0.105. The SMILES string of the molecule is CCCC(=O)N1CCCN(C(=O)c2ccc(Cl)cc2Cl)CC1. The number of nitrogens with zero attached hydrogens (tertiary/aromatic N) is 2. The van der Waals surface area contributed by atoms with Crippen LogP contribution in [0, 0.1) is 0 Å². The number of hydrogen-bond acceptors (Lipinski definition) is 2. The predicted molar refractivity (Wildman–Crippen MR) is 88.5 cm³/mol. The molecular formula is C16H20Cl2N2O2. The van der Waals surface area contributed by atoms with Crippen LogP contribution in [-0.4, -0.2) is 47.8 Å². The van der Waals surface area contributed by atoms with Crippen LogP contribution in [0.5, 0.6) is 0 Å². The van der Waals surface area contributed by atoms with Gasteiger partial charge in [-0.15, -0.1) is 0 Å². The summed E-state index contributed by atoms with van der Waals surface area (Å²) in [5, 5.41) is 0.870. The van der Waals surface area contributed by atoms with Crippen molar-refractivity contribution in [2.24, 2.45) is 0 Å². The highest BCUT2D eigenvalue weighted by Crippen LogP contribution is 2.23. The largest absolute Gasteiger partial charge is 0.341 e. The summed E-state index contributed by atoms with van der Waals surface area (Å²) in [6, 6.07) is 4.89. The Hall–Kier alpha value is -1.26. The third-order valence-electron chi connectivity index (χ3n) is 3.76. The van der Waals surface area contributed by atoms with E-state index in [1.54, 1.807) is 23.1 Å². The fourth-order valence-electron chi connectivity index (χ4n) is 2.58. The van der Waals surface area contributed by atoms with Gasteiger partial charge in [0.15, 0.2) is 0 Å². The summed E-state index contributed by atoms with van der Waals surface area (Å²) in [6.07, 6.45) is 2.20. The molecule has 4 nitrogen and oxygen atoms in total. The van der Waals surface area contributed by atoms with Crippen LogP contribution in [0.25, 0.3) is 0 Å². The van der Waals surface area contributed by atoms with Gasteiger partial charge in [-0.2, -0.15) is 0 Å². The monoisotopic (exact) mass is 342 g/mol. The van der Waals surface area contributed by atoms with E-state index >= 15 is 0 Å². The lowest BCUT2D eigenvalue weighted by Crippen LogP contribution is -2.37. The van der Waals surface area contributed by atoms with Crippen LogP contribution in [0.3, 0.4) is 0 Å². The van der Waals surface area contributed by atoms with E-state index in [0.717, 1.165) is 12.8 Å². The molecule has 1 heterocycles. The number of amides is 2. The topological polar surface area (TPSA) is 40.6 Å². The standard InChI is InChI=1S/C16H20Cl2N2O2/c1-2-4-15(21)19-7-3-8-20(10-9-19)16(22)13-6-5-12(17)11-14(13)18/h5-6,11H,2-4,7-10H2,1H3. The lowest BCUT2D eigenvalue weighted by atomic mass is 10.2. The Morgan fingerprint density at radius 2 is 1.77 bits per heavy atom. The second-order valence-electron chi connectivity index (χ2n) is 5.40. The van der Waals surface area contributed by atoms with Crippen LogP contribution in [0.1, 0.15) is 36.5 Å².